The summed E-state index contributed by atoms with van der Waals surface area (Å²) in [5.41, 5.74) is 9.12. The monoisotopic (exact) mass is 531 g/mol. The van der Waals surface area contributed by atoms with Crippen molar-refractivity contribution < 1.29 is 19.3 Å². The molecule has 0 aliphatic carbocycles. The van der Waals surface area contributed by atoms with Gasteiger partial charge in [-0.15, -0.1) is 0 Å². The van der Waals surface area contributed by atoms with Crippen molar-refractivity contribution in [2.75, 3.05) is 12.4 Å². The Morgan fingerprint density at radius 2 is 1.62 bits per heavy atom. The van der Waals surface area contributed by atoms with Crippen LogP contribution in [0.15, 0.2) is 78.9 Å². The van der Waals surface area contributed by atoms with E-state index < -0.39 is 0 Å². The number of nitrogens with one attached hydrogen (secondary N) is 1. The lowest BCUT2D eigenvalue weighted by atomic mass is 9.83. The second kappa shape index (κ2) is 9.83. The molecule has 0 saturated heterocycles. The van der Waals surface area contributed by atoms with Crippen LogP contribution in [0.5, 0.6) is 23.0 Å². The summed E-state index contributed by atoms with van der Waals surface area (Å²) in [6.07, 6.45) is 4.29. The minimum absolute atomic E-state index is 0.0775. The average Bonchev–Trinajstić information content (AvgIpc) is 2.92. The maximum Gasteiger partial charge on any atom is 0.172 e. The van der Waals surface area contributed by atoms with Gasteiger partial charge in [0.25, 0.3) is 0 Å². The van der Waals surface area contributed by atoms with Crippen molar-refractivity contribution in [1.82, 2.24) is 0 Å². The van der Waals surface area contributed by atoms with E-state index in [9.17, 15) is 5.11 Å². The topological polar surface area (TPSA) is 60.0 Å². The van der Waals surface area contributed by atoms with Crippen LogP contribution in [0.4, 0.5) is 5.69 Å². The second-order valence-electron chi connectivity index (χ2n) is 11.0. The lowest BCUT2D eigenvalue weighted by Gasteiger charge is -2.35. The van der Waals surface area contributed by atoms with Gasteiger partial charge >= 0.3 is 0 Å². The average molecular weight is 532 g/mol. The van der Waals surface area contributed by atoms with Crippen LogP contribution in [0.2, 0.25) is 0 Å². The number of hydrogen-bond donors (Lipinski definition) is 2. The van der Waals surface area contributed by atoms with E-state index in [2.05, 4.69) is 81.6 Å². The normalized spacial score (nSPS) is 15.6. The van der Waals surface area contributed by atoms with Crippen LogP contribution in [0.25, 0.3) is 28.5 Å². The van der Waals surface area contributed by atoms with Gasteiger partial charge in [-0.25, -0.2) is 0 Å². The van der Waals surface area contributed by atoms with E-state index in [0.29, 0.717) is 18.1 Å². The van der Waals surface area contributed by atoms with Gasteiger partial charge in [0.15, 0.2) is 11.5 Å². The highest BCUT2D eigenvalue weighted by atomic mass is 16.5. The van der Waals surface area contributed by atoms with Crippen LogP contribution >= 0.6 is 0 Å². The lowest BCUT2D eigenvalue weighted by Crippen LogP contribution is -2.32. The molecule has 202 valence electrons. The molecule has 0 fully saturated rings. The Balaban J connectivity index is 1.41. The largest absolute Gasteiger partial charge is 0.504 e. The summed E-state index contributed by atoms with van der Waals surface area (Å²) < 4.78 is 18.2. The predicted octanol–water partition coefficient (Wildman–Crippen LogP) is 8.45. The van der Waals surface area contributed by atoms with Crippen molar-refractivity contribution in [2.45, 2.75) is 39.8 Å². The summed E-state index contributed by atoms with van der Waals surface area (Å²) >= 11 is 0. The number of phenols is 1. The lowest BCUT2D eigenvalue weighted by molar-refractivity contribution is 0.306. The smallest absolute Gasteiger partial charge is 0.172 e. The minimum atomic E-state index is -0.174. The van der Waals surface area contributed by atoms with E-state index in [1.807, 2.05) is 24.3 Å². The zero-order valence-electron chi connectivity index (χ0n) is 23.5. The highest BCUT2D eigenvalue weighted by molar-refractivity contribution is 6.02. The van der Waals surface area contributed by atoms with Crippen molar-refractivity contribution in [2.24, 2.45) is 0 Å². The fraction of sp³-hybridized carbons (Fsp3) is 0.200. The number of hydrogen-bond acceptors (Lipinski definition) is 5. The van der Waals surface area contributed by atoms with Gasteiger partial charge in [-0.1, -0.05) is 54.1 Å². The third-order valence-corrected chi connectivity index (χ3v) is 7.38. The van der Waals surface area contributed by atoms with E-state index in [1.54, 1.807) is 19.2 Å². The van der Waals surface area contributed by atoms with E-state index >= 15 is 0 Å². The minimum Gasteiger partial charge on any atom is -0.504 e. The molecule has 6 rings (SSSR count). The molecule has 0 aromatic heterocycles. The van der Waals surface area contributed by atoms with Gasteiger partial charge in [0.05, 0.1) is 18.2 Å². The standard InChI is InChI=1S/C35H33NO4/c1-21-6-8-24(9-7-21)20-39-25-12-10-23(11-13-25)18-30-32-26(33-29(40-30)17-16-28(37)34(33)38-5)14-15-27-31(32)22(2)19-35(3,4)36-27/h6-19,36-37H,20H2,1-5H3/b30-18-. The Hall–Kier alpha value is -4.64. The maximum absolute atomic E-state index is 10.6. The highest BCUT2D eigenvalue weighted by Crippen LogP contribution is 2.54. The molecule has 40 heavy (non-hydrogen) atoms. The molecular weight excluding hydrogens is 498 g/mol. The zero-order chi connectivity index (χ0) is 28.0. The van der Waals surface area contributed by atoms with E-state index in [1.165, 1.54) is 5.56 Å². The molecule has 2 aliphatic rings. The molecule has 0 bridgehead atoms. The summed E-state index contributed by atoms with van der Waals surface area (Å²) in [4.78, 5) is 0. The number of ether oxygens (including phenoxy) is 3. The molecule has 2 heterocycles. The highest BCUT2D eigenvalue weighted by Gasteiger charge is 2.33. The molecule has 2 N–H and O–H groups in total. The van der Waals surface area contributed by atoms with E-state index in [4.69, 9.17) is 14.2 Å². The quantitative estimate of drug-likeness (QED) is 0.271. The zero-order valence-corrected chi connectivity index (χ0v) is 23.5. The van der Waals surface area contributed by atoms with Crippen molar-refractivity contribution >= 4 is 23.1 Å². The Morgan fingerprint density at radius 1 is 0.875 bits per heavy atom. The molecule has 0 amide bonds. The van der Waals surface area contributed by atoms with Crippen molar-refractivity contribution in [3.05, 3.63) is 107 Å². The molecule has 4 aromatic carbocycles. The molecule has 4 aromatic rings. The molecule has 0 spiro atoms. The molecule has 0 saturated carbocycles. The number of rotatable bonds is 5. The van der Waals surface area contributed by atoms with Crippen LogP contribution in [-0.4, -0.2) is 17.8 Å². The summed E-state index contributed by atoms with van der Waals surface area (Å²) in [5, 5.41) is 14.2. The van der Waals surface area contributed by atoms with Crippen LogP contribution < -0.4 is 19.5 Å². The summed E-state index contributed by atoms with van der Waals surface area (Å²) in [6, 6.07) is 24.0. The Morgan fingerprint density at radius 3 is 2.35 bits per heavy atom. The Bertz CT molecular complexity index is 1660. The predicted molar refractivity (Wildman–Crippen MR) is 162 cm³/mol. The number of allylic oxidation sites excluding steroid dienone is 1. The van der Waals surface area contributed by atoms with Gasteiger partial charge in [0.2, 0.25) is 0 Å². The third-order valence-electron chi connectivity index (χ3n) is 7.38. The van der Waals surface area contributed by atoms with Crippen molar-refractivity contribution in [3.8, 4) is 34.1 Å². The van der Waals surface area contributed by atoms with Crippen molar-refractivity contribution in [1.29, 1.82) is 0 Å². The van der Waals surface area contributed by atoms with Crippen LogP contribution in [0, 0.1) is 6.92 Å². The Kier molecular flexibility index (Phi) is 6.30. The van der Waals surface area contributed by atoms with Gasteiger partial charge in [0, 0.05) is 22.4 Å². The van der Waals surface area contributed by atoms with E-state index in [0.717, 1.165) is 56.1 Å². The van der Waals surface area contributed by atoms with Gasteiger partial charge < -0.3 is 24.6 Å². The SMILES string of the molecule is COc1c(O)ccc2c1-c1ccc3c(c1/C(=C/c1ccc(OCc4ccc(C)cc4)cc1)O2)C(C)=CC(C)(C)N3. The van der Waals surface area contributed by atoms with Crippen LogP contribution in [0.1, 0.15) is 48.6 Å². The van der Waals surface area contributed by atoms with E-state index in [-0.39, 0.29) is 11.3 Å². The second-order valence-corrected chi connectivity index (χ2v) is 11.0. The van der Waals surface area contributed by atoms with Gasteiger partial charge in [0.1, 0.15) is 23.9 Å². The van der Waals surface area contributed by atoms with Gasteiger partial charge in [-0.2, -0.15) is 0 Å². The maximum atomic E-state index is 10.6. The number of benzene rings is 4. The molecule has 0 radical (unpaired) electrons. The fourth-order valence-corrected chi connectivity index (χ4v) is 5.61. The summed E-state index contributed by atoms with van der Waals surface area (Å²) in [5.74, 6) is 2.65. The first-order valence-corrected chi connectivity index (χ1v) is 13.5. The number of aryl methyl sites for hydroxylation is 1. The first-order valence-electron chi connectivity index (χ1n) is 13.5. The summed E-state index contributed by atoms with van der Waals surface area (Å²) in [7, 11) is 1.57. The van der Waals surface area contributed by atoms with Gasteiger partial charge in [-0.3, -0.25) is 0 Å². The van der Waals surface area contributed by atoms with Crippen LogP contribution in [0.3, 0.4) is 0 Å². The molecular formula is C35H33NO4. The molecule has 0 unspecified atom stereocenters. The first-order chi connectivity index (χ1) is 19.2. The molecule has 0 atom stereocenters. The summed E-state index contributed by atoms with van der Waals surface area (Å²) in [6.45, 7) is 9.05. The molecule has 5 nitrogen and oxygen atoms in total. The van der Waals surface area contributed by atoms with Crippen LogP contribution in [-0.2, 0) is 6.61 Å². The number of anilines is 1. The number of aromatic hydroxyl groups is 1. The molecule has 2 aliphatic heterocycles. The number of methoxy groups -OCH3 is 1. The van der Waals surface area contributed by atoms with Crippen molar-refractivity contribution in [3.63, 3.8) is 0 Å². The molecule has 5 heteroatoms. The third kappa shape index (κ3) is 4.68. The fourth-order valence-electron chi connectivity index (χ4n) is 5.61. The first kappa shape index (κ1) is 25.6. The van der Waals surface area contributed by atoms with Gasteiger partial charge in [-0.05, 0) is 80.8 Å². The Labute approximate surface area is 235 Å². The number of phenolic OH excluding ortho intramolecular Hbond substituents is 1. The number of fused-ring (bicyclic) bond motifs is 5.